The van der Waals surface area contributed by atoms with E-state index in [9.17, 15) is 5.11 Å². The second kappa shape index (κ2) is 5.21. The van der Waals surface area contributed by atoms with Crippen LogP contribution in [0.2, 0.25) is 0 Å². The third-order valence-electron chi connectivity index (χ3n) is 3.81. The number of aryl methyl sites for hydroxylation is 1. The standard InChI is InChI=1S/C18H14N4O/c1-12-4-6-13(7-5-12)15-11-22(21-20-15)16-8-9-17(23)18-14(16)3-2-10-19-18/h2-11,23H,1H3. The smallest absolute Gasteiger partial charge is 0.141 e. The number of nitrogens with zero attached hydrogens (tertiary/aromatic N) is 4. The second-order valence-electron chi connectivity index (χ2n) is 5.42. The summed E-state index contributed by atoms with van der Waals surface area (Å²) in [7, 11) is 0. The molecule has 0 aliphatic rings. The Morgan fingerprint density at radius 3 is 2.65 bits per heavy atom. The Bertz CT molecular complexity index is 990. The van der Waals surface area contributed by atoms with Gasteiger partial charge in [0.15, 0.2) is 0 Å². The van der Waals surface area contributed by atoms with Gasteiger partial charge in [-0.3, -0.25) is 4.98 Å². The first-order chi connectivity index (χ1) is 11.2. The Hall–Kier alpha value is -3.21. The summed E-state index contributed by atoms with van der Waals surface area (Å²) in [6.07, 6.45) is 3.54. The summed E-state index contributed by atoms with van der Waals surface area (Å²) in [4.78, 5) is 4.23. The summed E-state index contributed by atoms with van der Waals surface area (Å²) in [6, 6.07) is 15.3. The fourth-order valence-corrected chi connectivity index (χ4v) is 2.58. The molecule has 0 atom stereocenters. The van der Waals surface area contributed by atoms with E-state index in [4.69, 9.17) is 0 Å². The lowest BCUT2D eigenvalue weighted by molar-refractivity contribution is 0.480. The van der Waals surface area contributed by atoms with Crippen molar-refractivity contribution in [1.82, 2.24) is 20.0 Å². The van der Waals surface area contributed by atoms with E-state index in [2.05, 4.69) is 22.2 Å². The van der Waals surface area contributed by atoms with Crippen LogP contribution in [-0.2, 0) is 0 Å². The van der Waals surface area contributed by atoms with E-state index in [1.807, 2.05) is 48.7 Å². The van der Waals surface area contributed by atoms with E-state index in [1.54, 1.807) is 16.9 Å². The van der Waals surface area contributed by atoms with E-state index in [0.29, 0.717) is 5.52 Å². The third kappa shape index (κ3) is 2.32. The van der Waals surface area contributed by atoms with Crippen LogP contribution in [0.4, 0.5) is 0 Å². The molecule has 0 radical (unpaired) electrons. The number of rotatable bonds is 2. The molecule has 4 aromatic rings. The molecule has 4 rings (SSSR count). The van der Waals surface area contributed by atoms with Crippen molar-refractivity contribution in [2.45, 2.75) is 6.92 Å². The molecule has 112 valence electrons. The Morgan fingerprint density at radius 1 is 1.00 bits per heavy atom. The first kappa shape index (κ1) is 13.5. The number of phenols is 1. The molecule has 0 saturated carbocycles. The monoisotopic (exact) mass is 302 g/mol. The zero-order valence-corrected chi connectivity index (χ0v) is 12.5. The van der Waals surface area contributed by atoms with Crippen LogP contribution in [0.5, 0.6) is 5.75 Å². The van der Waals surface area contributed by atoms with Crippen LogP contribution in [0.1, 0.15) is 5.56 Å². The molecule has 5 heteroatoms. The summed E-state index contributed by atoms with van der Waals surface area (Å²) < 4.78 is 1.71. The molecule has 2 heterocycles. The van der Waals surface area contributed by atoms with Crippen molar-refractivity contribution in [1.29, 1.82) is 0 Å². The molecule has 0 aliphatic heterocycles. The number of hydrogen-bond donors (Lipinski definition) is 1. The minimum absolute atomic E-state index is 0.156. The number of hydrogen-bond acceptors (Lipinski definition) is 4. The maximum Gasteiger partial charge on any atom is 0.141 e. The molecule has 0 saturated heterocycles. The van der Waals surface area contributed by atoms with Crippen molar-refractivity contribution in [2.24, 2.45) is 0 Å². The zero-order chi connectivity index (χ0) is 15.8. The van der Waals surface area contributed by atoms with Gasteiger partial charge in [0.1, 0.15) is 17.0 Å². The minimum Gasteiger partial charge on any atom is -0.506 e. The van der Waals surface area contributed by atoms with E-state index >= 15 is 0 Å². The van der Waals surface area contributed by atoms with Crippen molar-refractivity contribution in [3.05, 3.63) is 66.5 Å². The highest BCUT2D eigenvalue weighted by Crippen LogP contribution is 2.28. The Morgan fingerprint density at radius 2 is 1.83 bits per heavy atom. The maximum atomic E-state index is 9.94. The van der Waals surface area contributed by atoms with Gasteiger partial charge in [0.25, 0.3) is 0 Å². The lowest BCUT2D eigenvalue weighted by Crippen LogP contribution is -1.96. The fraction of sp³-hybridized carbons (Fsp3) is 0.0556. The van der Waals surface area contributed by atoms with Crippen LogP contribution in [-0.4, -0.2) is 25.1 Å². The van der Waals surface area contributed by atoms with Gasteiger partial charge in [-0.25, -0.2) is 4.68 Å². The molecule has 2 aromatic heterocycles. The van der Waals surface area contributed by atoms with Crippen molar-refractivity contribution in [3.8, 4) is 22.7 Å². The van der Waals surface area contributed by atoms with Gasteiger partial charge in [0.2, 0.25) is 0 Å². The van der Waals surface area contributed by atoms with E-state index in [-0.39, 0.29) is 5.75 Å². The first-order valence-corrected chi connectivity index (χ1v) is 7.29. The fourth-order valence-electron chi connectivity index (χ4n) is 2.58. The van der Waals surface area contributed by atoms with Gasteiger partial charge in [0.05, 0.1) is 11.9 Å². The number of benzene rings is 2. The Kier molecular flexibility index (Phi) is 3.05. The average molecular weight is 302 g/mol. The topological polar surface area (TPSA) is 63.8 Å². The van der Waals surface area contributed by atoms with E-state index < -0.39 is 0 Å². The predicted molar refractivity (Wildman–Crippen MR) is 88.5 cm³/mol. The van der Waals surface area contributed by atoms with Crippen molar-refractivity contribution >= 4 is 10.9 Å². The van der Waals surface area contributed by atoms with E-state index in [1.165, 1.54) is 5.56 Å². The quantitative estimate of drug-likeness (QED) is 0.615. The van der Waals surface area contributed by atoms with Gasteiger partial charge < -0.3 is 5.11 Å². The highest BCUT2D eigenvalue weighted by molar-refractivity contribution is 5.91. The highest BCUT2D eigenvalue weighted by atomic mass is 16.3. The van der Waals surface area contributed by atoms with Crippen LogP contribution >= 0.6 is 0 Å². The van der Waals surface area contributed by atoms with Gasteiger partial charge in [-0.15, -0.1) is 5.10 Å². The summed E-state index contributed by atoms with van der Waals surface area (Å²) in [5.74, 6) is 0.156. The van der Waals surface area contributed by atoms with Gasteiger partial charge >= 0.3 is 0 Å². The number of pyridine rings is 1. The van der Waals surface area contributed by atoms with Crippen molar-refractivity contribution in [2.75, 3.05) is 0 Å². The summed E-state index contributed by atoms with van der Waals surface area (Å²) in [5.41, 5.74) is 4.41. The summed E-state index contributed by atoms with van der Waals surface area (Å²) >= 11 is 0. The van der Waals surface area contributed by atoms with Crippen molar-refractivity contribution < 1.29 is 5.11 Å². The SMILES string of the molecule is Cc1ccc(-c2cn(-c3ccc(O)c4ncccc34)nn2)cc1. The molecule has 23 heavy (non-hydrogen) atoms. The third-order valence-corrected chi connectivity index (χ3v) is 3.81. The molecule has 0 bridgehead atoms. The Labute approximate surface area is 132 Å². The minimum atomic E-state index is 0.156. The van der Waals surface area contributed by atoms with Crippen LogP contribution in [0.15, 0.2) is 60.9 Å². The van der Waals surface area contributed by atoms with Gasteiger partial charge in [0, 0.05) is 17.1 Å². The average Bonchev–Trinajstić information content (AvgIpc) is 3.06. The maximum absolute atomic E-state index is 9.94. The zero-order valence-electron chi connectivity index (χ0n) is 12.5. The number of phenolic OH excluding ortho intramolecular Hbond substituents is 1. The predicted octanol–water partition coefficient (Wildman–Crippen LogP) is 3.50. The second-order valence-corrected chi connectivity index (χ2v) is 5.42. The lowest BCUT2D eigenvalue weighted by atomic mass is 10.1. The molecular formula is C18H14N4O. The lowest BCUT2D eigenvalue weighted by Gasteiger charge is -2.06. The van der Waals surface area contributed by atoms with Crippen LogP contribution < -0.4 is 0 Å². The van der Waals surface area contributed by atoms with Crippen molar-refractivity contribution in [3.63, 3.8) is 0 Å². The molecule has 5 nitrogen and oxygen atoms in total. The normalized spacial score (nSPS) is 11.0. The number of aromatic nitrogens is 4. The molecule has 0 amide bonds. The molecule has 0 spiro atoms. The van der Waals surface area contributed by atoms with Gasteiger partial charge in [-0.05, 0) is 31.2 Å². The van der Waals surface area contributed by atoms with Gasteiger partial charge in [-0.2, -0.15) is 0 Å². The molecule has 0 unspecified atom stereocenters. The number of aromatic hydroxyl groups is 1. The van der Waals surface area contributed by atoms with Gasteiger partial charge in [-0.1, -0.05) is 35.0 Å². The van der Waals surface area contributed by atoms with E-state index in [0.717, 1.165) is 22.3 Å². The molecule has 0 fully saturated rings. The summed E-state index contributed by atoms with van der Waals surface area (Å²) in [5, 5.41) is 19.2. The van der Waals surface area contributed by atoms with Crippen LogP contribution in [0.3, 0.4) is 0 Å². The molecule has 0 aliphatic carbocycles. The number of fused-ring (bicyclic) bond motifs is 1. The Balaban J connectivity index is 1.84. The highest BCUT2D eigenvalue weighted by Gasteiger charge is 2.10. The largest absolute Gasteiger partial charge is 0.506 e. The van der Waals surface area contributed by atoms with Crippen LogP contribution in [0, 0.1) is 6.92 Å². The molecule has 1 N–H and O–H groups in total. The molecular weight excluding hydrogens is 288 g/mol. The molecule has 2 aromatic carbocycles. The van der Waals surface area contributed by atoms with Crippen LogP contribution in [0.25, 0.3) is 27.8 Å². The summed E-state index contributed by atoms with van der Waals surface area (Å²) in [6.45, 7) is 2.05. The first-order valence-electron chi connectivity index (χ1n) is 7.29.